The van der Waals surface area contributed by atoms with Crippen molar-refractivity contribution in [2.24, 2.45) is 0 Å². The van der Waals surface area contributed by atoms with Gasteiger partial charge in [0.15, 0.2) is 5.82 Å². The molecular weight excluding hydrogens is 434 g/mol. The van der Waals surface area contributed by atoms with Crippen LogP contribution in [0.2, 0.25) is 0 Å². The monoisotopic (exact) mass is 467 g/mol. The molecule has 4 aromatic rings. The normalized spacial score (nSPS) is 18.9. The molecule has 1 aliphatic heterocycles. The van der Waals surface area contributed by atoms with Crippen LogP contribution >= 0.6 is 0 Å². The summed E-state index contributed by atoms with van der Waals surface area (Å²) >= 11 is 0. The zero-order valence-corrected chi connectivity index (χ0v) is 20.2. The summed E-state index contributed by atoms with van der Waals surface area (Å²) in [5.41, 5.74) is 3.47. The number of hydrogen-bond donors (Lipinski definition) is 0. The van der Waals surface area contributed by atoms with Crippen molar-refractivity contribution in [2.75, 3.05) is 26.2 Å². The first kappa shape index (κ1) is 22.3. The minimum atomic E-state index is 0.109. The summed E-state index contributed by atoms with van der Waals surface area (Å²) in [6.07, 6.45) is 8.17. The van der Waals surface area contributed by atoms with Gasteiger partial charge in [-0.1, -0.05) is 55.0 Å². The van der Waals surface area contributed by atoms with Crippen molar-refractivity contribution in [3.8, 4) is 0 Å². The van der Waals surface area contributed by atoms with Crippen LogP contribution < -0.4 is 0 Å². The Labute approximate surface area is 206 Å². The molecule has 1 aliphatic carbocycles. The summed E-state index contributed by atoms with van der Waals surface area (Å²) in [6, 6.07) is 22.0. The van der Waals surface area contributed by atoms with Crippen LogP contribution in [0.25, 0.3) is 10.9 Å². The van der Waals surface area contributed by atoms with Gasteiger partial charge < -0.3 is 0 Å². The van der Waals surface area contributed by atoms with Gasteiger partial charge >= 0.3 is 0 Å². The number of para-hydroxylation sites is 1. The van der Waals surface area contributed by atoms with Crippen LogP contribution in [-0.4, -0.2) is 67.2 Å². The van der Waals surface area contributed by atoms with E-state index in [4.69, 9.17) is 4.98 Å². The van der Waals surface area contributed by atoms with Gasteiger partial charge in [-0.15, -0.1) is 5.10 Å². The molecule has 2 aliphatic rings. The Balaban J connectivity index is 1.30. The average Bonchev–Trinajstić information content (AvgIpc) is 3.18. The number of rotatable bonds is 7. The SMILES string of the molecule is c1ccc(Cn2nnnc2C(Cc2cnc3ccccc3c2)N2CCCN(C3CCC3)CC2)cc1. The first-order valence-corrected chi connectivity index (χ1v) is 13.0. The molecule has 1 unspecified atom stereocenters. The van der Waals surface area contributed by atoms with E-state index in [0.717, 1.165) is 43.4 Å². The van der Waals surface area contributed by atoms with Crippen molar-refractivity contribution >= 4 is 10.9 Å². The number of pyridine rings is 1. The van der Waals surface area contributed by atoms with Crippen molar-refractivity contribution < 1.29 is 0 Å². The molecule has 0 N–H and O–H groups in total. The number of tetrazole rings is 1. The van der Waals surface area contributed by atoms with Gasteiger partial charge in [0.2, 0.25) is 0 Å². The summed E-state index contributed by atoms with van der Waals surface area (Å²) in [7, 11) is 0. The highest BCUT2D eigenvalue weighted by Crippen LogP contribution is 2.29. The second-order valence-corrected chi connectivity index (χ2v) is 9.95. The van der Waals surface area contributed by atoms with Crippen molar-refractivity contribution in [1.29, 1.82) is 0 Å². The van der Waals surface area contributed by atoms with Gasteiger partial charge in [-0.25, -0.2) is 4.68 Å². The number of nitrogens with zero attached hydrogens (tertiary/aromatic N) is 7. The minimum absolute atomic E-state index is 0.109. The van der Waals surface area contributed by atoms with E-state index in [0.29, 0.717) is 6.54 Å². The van der Waals surface area contributed by atoms with E-state index < -0.39 is 0 Å². The van der Waals surface area contributed by atoms with Gasteiger partial charge in [0, 0.05) is 37.3 Å². The molecule has 0 spiro atoms. The summed E-state index contributed by atoms with van der Waals surface area (Å²) in [6.45, 7) is 5.10. The van der Waals surface area contributed by atoms with Crippen LogP contribution in [0.3, 0.4) is 0 Å². The molecule has 7 nitrogen and oxygen atoms in total. The van der Waals surface area contributed by atoms with Crippen LogP contribution in [0.4, 0.5) is 0 Å². The smallest absolute Gasteiger partial charge is 0.169 e. The van der Waals surface area contributed by atoms with Gasteiger partial charge in [-0.3, -0.25) is 14.8 Å². The zero-order valence-electron chi connectivity index (χ0n) is 20.2. The van der Waals surface area contributed by atoms with E-state index >= 15 is 0 Å². The predicted molar refractivity (Wildman–Crippen MR) is 137 cm³/mol. The molecule has 0 amide bonds. The first-order valence-electron chi connectivity index (χ1n) is 13.0. The van der Waals surface area contributed by atoms with Gasteiger partial charge in [-0.2, -0.15) is 0 Å². The van der Waals surface area contributed by atoms with E-state index in [9.17, 15) is 0 Å². The average molecular weight is 468 g/mol. The highest BCUT2D eigenvalue weighted by atomic mass is 15.5. The van der Waals surface area contributed by atoms with Crippen molar-refractivity contribution in [3.05, 3.63) is 83.8 Å². The lowest BCUT2D eigenvalue weighted by atomic mass is 9.91. The summed E-state index contributed by atoms with van der Waals surface area (Å²) in [5.74, 6) is 0.944. The van der Waals surface area contributed by atoms with Gasteiger partial charge in [0.25, 0.3) is 0 Å². The highest BCUT2D eigenvalue weighted by molar-refractivity contribution is 5.78. The van der Waals surface area contributed by atoms with E-state index in [1.807, 2.05) is 23.0 Å². The number of aromatic nitrogens is 5. The Morgan fingerprint density at radius 3 is 2.57 bits per heavy atom. The third-order valence-electron chi connectivity index (χ3n) is 7.71. The van der Waals surface area contributed by atoms with E-state index in [1.165, 1.54) is 48.7 Å². The predicted octanol–water partition coefficient (Wildman–Crippen LogP) is 4.11. The molecule has 0 bridgehead atoms. The van der Waals surface area contributed by atoms with Crippen LogP contribution in [0.1, 0.15) is 48.7 Å². The Kier molecular flexibility index (Phi) is 6.51. The molecule has 0 radical (unpaired) electrons. The maximum absolute atomic E-state index is 4.74. The number of hydrogen-bond acceptors (Lipinski definition) is 6. The topological polar surface area (TPSA) is 63.0 Å². The maximum atomic E-state index is 4.74. The highest BCUT2D eigenvalue weighted by Gasteiger charge is 2.31. The Hall–Kier alpha value is -3.16. The third kappa shape index (κ3) is 4.97. The molecule has 180 valence electrons. The fraction of sp³-hybridized carbons (Fsp3) is 0.429. The lowest BCUT2D eigenvalue weighted by Gasteiger charge is -2.37. The minimum Gasteiger partial charge on any atom is -0.299 e. The van der Waals surface area contributed by atoms with E-state index in [2.05, 4.69) is 73.9 Å². The fourth-order valence-electron chi connectivity index (χ4n) is 5.54. The molecular formula is C28H33N7. The first-order chi connectivity index (χ1) is 17.3. The number of fused-ring (bicyclic) bond motifs is 1. The molecule has 7 heteroatoms. The van der Waals surface area contributed by atoms with Crippen LogP contribution in [0, 0.1) is 0 Å². The zero-order chi connectivity index (χ0) is 23.5. The van der Waals surface area contributed by atoms with Gasteiger partial charge in [0.1, 0.15) is 0 Å². The van der Waals surface area contributed by atoms with Gasteiger partial charge in [-0.05, 0) is 65.9 Å². The van der Waals surface area contributed by atoms with E-state index in [-0.39, 0.29) is 6.04 Å². The molecule has 2 fully saturated rings. The Bertz CT molecular complexity index is 1250. The van der Waals surface area contributed by atoms with Crippen LogP contribution in [-0.2, 0) is 13.0 Å². The molecule has 6 rings (SSSR count). The van der Waals surface area contributed by atoms with Crippen molar-refractivity contribution in [3.63, 3.8) is 0 Å². The maximum Gasteiger partial charge on any atom is 0.169 e. The van der Waals surface area contributed by atoms with Crippen molar-refractivity contribution in [2.45, 2.75) is 50.7 Å². The fourth-order valence-corrected chi connectivity index (χ4v) is 5.54. The Morgan fingerprint density at radius 1 is 0.857 bits per heavy atom. The van der Waals surface area contributed by atoms with Crippen LogP contribution in [0.15, 0.2) is 66.9 Å². The molecule has 1 saturated heterocycles. The molecule has 35 heavy (non-hydrogen) atoms. The summed E-state index contributed by atoms with van der Waals surface area (Å²) in [4.78, 5) is 10.1. The second-order valence-electron chi connectivity index (χ2n) is 9.95. The van der Waals surface area contributed by atoms with Gasteiger partial charge in [0.05, 0.1) is 18.1 Å². The lowest BCUT2D eigenvalue weighted by molar-refractivity contribution is 0.124. The standard InChI is InChI=1S/C28H33N7/c1-2-8-22(9-3-1)21-35-28(30-31-32-35)27(19-23-18-24-10-4-5-13-26(24)29-20-23)34-15-7-14-33(16-17-34)25-11-6-12-25/h1-5,8-10,13,18,20,25,27H,6-7,11-12,14-17,19,21H2. The third-order valence-corrected chi connectivity index (χ3v) is 7.71. The molecule has 1 saturated carbocycles. The van der Waals surface area contributed by atoms with Crippen LogP contribution in [0.5, 0.6) is 0 Å². The number of benzene rings is 2. The van der Waals surface area contributed by atoms with E-state index in [1.54, 1.807) is 0 Å². The summed E-state index contributed by atoms with van der Waals surface area (Å²) < 4.78 is 1.99. The molecule has 1 atom stereocenters. The Morgan fingerprint density at radius 2 is 1.71 bits per heavy atom. The second kappa shape index (κ2) is 10.2. The lowest BCUT2D eigenvalue weighted by Crippen LogP contribution is -2.42. The molecule has 2 aromatic heterocycles. The molecule has 2 aromatic carbocycles. The quantitative estimate of drug-likeness (QED) is 0.408. The summed E-state index contributed by atoms with van der Waals surface area (Å²) in [5, 5.41) is 14.3. The molecule has 3 heterocycles. The largest absolute Gasteiger partial charge is 0.299 e. The van der Waals surface area contributed by atoms with Crippen molar-refractivity contribution in [1.82, 2.24) is 35.0 Å².